The molecule has 0 radical (unpaired) electrons. The van der Waals surface area contributed by atoms with E-state index in [0.29, 0.717) is 22.1 Å². The normalized spacial score (nSPS) is 11.5. The first-order valence-corrected chi connectivity index (χ1v) is 8.71. The maximum absolute atomic E-state index is 12.3. The number of aromatic nitrogens is 4. The summed E-state index contributed by atoms with van der Waals surface area (Å²) in [4.78, 5) is 19.7. The molecule has 0 aliphatic carbocycles. The molecule has 2 heterocycles. The minimum Gasteiger partial charge on any atom is -0.301 e. The highest BCUT2D eigenvalue weighted by Crippen LogP contribution is 2.20. The molecule has 0 unspecified atom stereocenters. The van der Waals surface area contributed by atoms with Gasteiger partial charge in [-0.3, -0.25) is 4.79 Å². The number of rotatable bonds is 5. The molecule has 6 heteroatoms. The van der Waals surface area contributed by atoms with Gasteiger partial charge in [0.1, 0.15) is 5.39 Å². The highest BCUT2D eigenvalue weighted by atomic mass is 32.2. The molecule has 23 heavy (non-hydrogen) atoms. The number of aromatic amines is 1. The Labute approximate surface area is 139 Å². The lowest BCUT2D eigenvalue weighted by atomic mass is 10.2. The number of hydrogen-bond donors (Lipinski definition) is 1. The van der Waals surface area contributed by atoms with E-state index < -0.39 is 0 Å². The van der Waals surface area contributed by atoms with Crippen LogP contribution in [0, 0.1) is 12.8 Å². The predicted molar refractivity (Wildman–Crippen MR) is 94.4 cm³/mol. The van der Waals surface area contributed by atoms with Gasteiger partial charge in [-0.05, 0) is 30.9 Å². The molecule has 2 aromatic heterocycles. The summed E-state index contributed by atoms with van der Waals surface area (Å²) in [6, 6.07) is 7.95. The highest BCUT2D eigenvalue weighted by Gasteiger charge is 2.13. The Morgan fingerprint density at radius 2 is 2.09 bits per heavy atom. The van der Waals surface area contributed by atoms with Gasteiger partial charge in [0.15, 0.2) is 10.8 Å². The van der Waals surface area contributed by atoms with Crippen LogP contribution in [-0.4, -0.2) is 25.5 Å². The molecule has 0 saturated heterocycles. The van der Waals surface area contributed by atoms with Crippen molar-refractivity contribution < 1.29 is 0 Å². The van der Waals surface area contributed by atoms with Gasteiger partial charge < -0.3 is 4.98 Å². The van der Waals surface area contributed by atoms with E-state index in [4.69, 9.17) is 0 Å². The van der Waals surface area contributed by atoms with E-state index in [0.717, 1.165) is 23.4 Å². The number of aryl methyl sites for hydroxylation is 1. The van der Waals surface area contributed by atoms with Crippen LogP contribution in [0.5, 0.6) is 0 Å². The number of benzene rings is 1. The molecule has 1 N–H and O–H groups in total. The van der Waals surface area contributed by atoms with Gasteiger partial charge in [-0.15, -0.1) is 0 Å². The third kappa shape index (κ3) is 3.32. The Bertz CT molecular complexity index is 882. The zero-order chi connectivity index (χ0) is 16.4. The second kappa shape index (κ2) is 6.58. The molecule has 3 rings (SSSR count). The number of nitrogens with one attached hydrogen (secondary N) is 1. The van der Waals surface area contributed by atoms with Crippen molar-refractivity contribution in [2.45, 2.75) is 32.3 Å². The van der Waals surface area contributed by atoms with Crippen molar-refractivity contribution >= 4 is 22.8 Å². The summed E-state index contributed by atoms with van der Waals surface area (Å²) in [5.41, 5.74) is 2.50. The summed E-state index contributed by atoms with van der Waals surface area (Å²) in [5.74, 6) is 1.57. The first-order chi connectivity index (χ1) is 11.1. The van der Waals surface area contributed by atoms with Crippen molar-refractivity contribution in [3.8, 4) is 5.69 Å². The van der Waals surface area contributed by atoms with Gasteiger partial charge in [0.05, 0.1) is 11.9 Å². The lowest BCUT2D eigenvalue weighted by Gasteiger charge is -2.07. The zero-order valence-corrected chi connectivity index (χ0v) is 14.4. The van der Waals surface area contributed by atoms with Gasteiger partial charge in [0, 0.05) is 5.75 Å². The minimum atomic E-state index is -0.137. The van der Waals surface area contributed by atoms with Gasteiger partial charge in [-0.2, -0.15) is 5.10 Å². The first kappa shape index (κ1) is 15.8. The third-order valence-corrected chi connectivity index (χ3v) is 4.60. The van der Waals surface area contributed by atoms with Crippen molar-refractivity contribution in [2.75, 3.05) is 5.75 Å². The van der Waals surface area contributed by atoms with Crippen LogP contribution in [0.2, 0.25) is 0 Å². The van der Waals surface area contributed by atoms with E-state index in [9.17, 15) is 4.79 Å². The largest absolute Gasteiger partial charge is 0.301 e. The van der Waals surface area contributed by atoms with Crippen molar-refractivity contribution in [3.63, 3.8) is 0 Å². The minimum absolute atomic E-state index is 0.137. The molecule has 1 aromatic carbocycles. The molecule has 120 valence electrons. The summed E-state index contributed by atoms with van der Waals surface area (Å²) < 4.78 is 1.74. The van der Waals surface area contributed by atoms with Crippen molar-refractivity contribution in [3.05, 3.63) is 46.4 Å². The van der Waals surface area contributed by atoms with E-state index >= 15 is 0 Å². The molecular formula is C17H20N4OS. The van der Waals surface area contributed by atoms with E-state index in [1.165, 1.54) is 0 Å². The molecule has 0 saturated carbocycles. The fourth-order valence-corrected chi connectivity index (χ4v) is 3.43. The number of fused-ring (bicyclic) bond motifs is 1. The molecule has 0 atom stereocenters. The van der Waals surface area contributed by atoms with Gasteiger partial charge in [0.2, 0.25) is 0 Å². The van der Waals surface area contributed by atoms with Gasteiger partial charge in [-0.25, -0.2) is 9.67 Å². The lowest BCUT2D eigenvalue weighted by molar-refractivity contribution is 0.631. The zero-order valence-electron chi connectivity index (χ0n) is 13.5. The van der Waals surface area contributed by atoms with Crippen LogP contribution in [0.3, 0.4) is 0 Å². The Kier molecular flexibility index (Phi) is 4.52. The second-order valence-electron chi connectivity index (χ2n) is 5.98. The molecule has 0 aliphatic rings. The van der Waals surface area contributed by atoms with Crippen LogP contribution in [0.15, 0.2) is 40.4 Å². The fraction of sp³-hybridized carbons (Fsp3) is 0.353. The number of thioether (sulfide) groups is 1. The summed E-state index contributed by atoms with van der Waals surface area (Å²) >= 11 is 1.58. The number of hydrogen-bond acceptors (Lipinski definition) is 4. The highest BCUT2D eigenvalue weighted by molar-refractivity contribution is 7.99. The first-order valence-electron chi connectivity index (χ1n) is 7.73. The average molecular weight is 328 g/mol. The van der Waals surface area contributed by atoms with Crippen LogP contribution in [0.4, 0.5) is 0 Å². The van der Waals surface area contributed by atoms with Crippen LogP contribution < -0.4 is 5.56 Å². The standard InChI is InChI=1S/C17H20N4OS/c1-11(2)8-9-23-17-19-15-13(16(22)20-17)10-18-21(15)14-7-5-4-6-12(14)3/h4-7,10-11H,8-9H2,1-3H3,(H,19,20,22). The third-order valence-electron chi connectivity index (χ3n) is 3.69. The van der Waals surface area contributed by atoms with E-state index in [1.807, 2.05) is 31.2 Å². The molecule has 0 aliphatic heterocycles. The maximum atomic E-state index is 12.3. The molecule has 0 amide bonds. The second-order valence-corrected chi connectivity index (χ2v) is 7.07. The number of nitrogens with zero attached hydrogens (tertiary/aromatic N) is 3. The van der Waals surface area contributed by atoms with Gasteiger partial charge in [0.25, 0.3) is 5.56 Å². The fourth-order valence-electron chi connectivity index (χ4n) is 2.34. The average Bonchev–Trinajstić information content (AvgIpc) is 2.92. The SMILES string of the molecule is Cc1ccccc1-n1ncc2c(=O)[nH]c(SCCC(C)C)nc21. The van der Waals surface area contributed by atoms with E-state index in [1.54, 1.807) is 22.6 Å². The Morgan fingerprint density at radius 3 is 2.83 bits per heavy atom. The molecule has 0 bridgehead atoms. The van der Waals surface area contributed by atoms with Crippen LogP contribution in [0.1, 0.15) is 25.8 Å². The quantitative estimate of drug-likeness (QED) is 0.574. The molecule has 5 nitrogen and oxygen atoms in total. The summed E-state index contributed by atoms with van der Waals surface area (Å²) in [6.07, 6.45) is 2.67. The summed E-state index contributed by atoms with van der Waals surface area (Å²) in [5, 5.41) is 5.53. The molecule has 3 aromatic rings. The van der Waals surface area contributed by atoms with Crippen molar-refractivity contribution in [1.82, 2.24) is 19.7 Å². The van der Waals surface area contributed by atoms with Crippen LogP contribution in [0.25, 0.3) is 16.7 Å². The molecule has 0 spiro atoms. The Balaban J connectivity index is 2.03. The molecule has 0 fully saturated rings. The lowest BCUT2D eigenvalue weighted by Crippen LogP contribution is -2.10. The summed E-state index contributed by atoms with van der Waals surface area (Å²) in [6.45, 7) is 6.40. The summed E-state index contributed by atoms with van der Waals surface area (Å²) in [7, 11) is 0. The topological polar surface area (TPSA) is 63.6 Å². The molecular weight excluding hydrogens is 308 g/mol. The van der Waals surface area contributed by atoms with E-state index in [2.05, 4.69) is 28.9 Å². The maximum Gasteiger partial charge on any atom is 0.262 e. The number of H-pyrrole nitrogens is 1. The number of para-hydroxylation sites is 1. The Morgan fingerprint density at radius 1 is 1.30 bits per heavy atom. The van der Waals surface area contributed by atoms with Crippen LogP contribution >= 0.6 is 11.8 Å². The Hall–Kier alpha value is -2.08. The van der Waals surface area contributed by atoms with Gasteiger partial charge in [-0.1, -0.05) is 43.8 Å². The monoisotopic (exact) mass is 328 g/mol. The predicted octanol–water partition coefficient (Wildman–Crippen LogP) is 3.56. The van der Waals surface area contributed by atoms with Gasteiger partial charge >= 0.3 is 0 Å². The van der Waals surface area contributed by atoms with Crippen molar-refractivity contribution in [1.29, 1.82) is 0 Å². The van der Waals surface area contributed by atoms with E-state index in [-0.39, 0.29) is 5.56 Å². The smallest absolute Gasteiger partial charge is 0.262 e. The van der Waals surface area contributed by atoms with Crippen molar-refractivity contribution in [2.24, 2.45) is 5.92 Å². The van der Waals surface area contributed by atoms with Crippen LogP contribution in [-0.2, 0) is 0 Å².